The second-order valence-electron chi connectivity index (χ2n) is 20.8. The third kappa shape index (κ3) is 10.9. The highest BCUT2D eigenvalue weighted by molar-refractivity contribution is 5.46. The second-order valence-corrected chi connectivity index (χ2v) is 20.8. The summed E-state index contributed by atoms with van der Waals surface area (Å²) in [7, 11) is 0. The van der Waals surface area contributed by atoms with Crippen molar-refractivity contribution in [1.29, 1.82) is 0 Å². The van der Waals surface area contributed by atoms with Crippen LogP contribution in [-0.4, -0.2) is 85.8 Å². The molecule has 2 N–H and O–H groups in total. The fourth-order valence-electron chi connectivity index (χ4n) is 11.6. The van der Waals surface area contributed by atoms with Crippen molar-refractivity contribution in [3.63, 3.8) is 0 Å². The summed E-state index contributed by atoms with van der Waals surface area (Å²) in [4.78, 5) is 0. The molecule has 402 valence electrons. The number of aliphatic hydroxyl groups is 2. The number of ether oxygens (including phenoxy) is 8. The predicted molar refractivity (Wildman–Crippen MR) is 300 cm³/mol. The Bertz CT molecular complexity index is 2700. The predicted octanol–water partition coefficient (Wildman–Crippen LogP) is 11.9. The minimum absolute atomic E-state index is 0.158. The molecular weight excluding hydrogens is 977 g/mol. The molecule has 0 spiro atoms. The van der Waals surface area contributed by atoms with Crippen molar-refractivity contribution in [2.24, 2.45) is 0 Å². The Morgan fingerprint density at radius 1 is 0.295 bits per heavy atom. The van der Waals surface area contributed by atoms with Crippen molar-refractivity contribution in [2.45, 2.75) is 86.1 Å². The summed E-state index contributed by atoms with van der Waals surface area (Å²) >= 11 is 0. The van der Waals surface area contributed by atoms with Crippen molar-refractivity contribution in [3.05, 3.63) is 287 Å². The number of benzene rings is 8. The van der Waals surface area contributed by atoms with E-state index in [-0.39, 0.29) is 39.6 Å². The van der Waals surface area contributed by atoms with Gasteiger partial charge in [-0.1, -0.05) is 243 Å². The van der Waals surface area contributed by atoms with Crippen LogP contribution in [0.3, 0.4) is 0 Å². The largest absolute Gasteiger partial charge is 0.378 e. The van der Waals surface area contributed by atoms with Crippen molar-refractivity contribution in [1.82, 2.24) is 0 Å². The quantitative estimate of drug-likeness (QED) is 0.0600. The molecule has 0 radical (unpaired) electrons. The standard InChI is InChI=1S/C68H70O10/c1-63(2)75-59(65(69,51-29-13-5-14-30-51)52-31-15-6-16-32-52)61(77-63)67(55-37-21-9-22-38-55,56-39-23-10-24-40-56)73-49-47-71-45-46-72-48-50-74-68(57-41-25-11-26-42-57,58-43-27-12-28-44-58)62-60(76-64(3,4)78-62)66(70,53-33-17-7-18-34-53)54-35-19-8-20-36-54/h5-44,59-62,69-70H,45-50H2,1-4H3/t59-,60-,61-,62-/m0/s1. The van der Waals surface area contributed by atoms with E-state index in [1.165, 1.54) is 0 Å². The molecule has 78 heavy (non-hydrogen) atoms. The van der Waals surface area contributed by atoms with E-state index >= 15 is 0 Å². The van der Waals surface area contributed by atoms with E-state index in [2.05, 4.69) is 0 Å². The van der Waals surface area contributed by atoms with Crippen LogP contribution in [0.1, 0.15) is 72.2 Å². The SMILES string of the molecule is CC1(C)O[C@H](C(O)(c2ccccc2)c2ccccc2)[C@@H](C(OCCOCCOCCOC(c2ccccc2)(c2ccccc2)[C@H]2OC(C)(C)O[C@@H]2C(O)(c2ccccc2)c2ccccc2)(c2ccccc2)c2ccccc2)O1. The summed E-state index contributed by atoms with van der Waals surface area (Å²) in [6.45, 7) is 8.80. The summed E-state index contributed by atoms with van der Waals surface area (Å²) in [5.41, 5.74) is 0.0512. The fourth-order valence-corrected chi connectivity index (χ4v) is 11.6. The van der Waals surface area contributed by atoms with Gasteiger partial charge in [0.05, 0.1) is 39.6 Å². The lowest BCUT2D eigenvalue weighted by Crippen LogP contribution is -2.56. The summed E-state index contributed by atoms with van der Waals surface area (Å²) in [6, 6.07) is 78.5. The lowest BCUT2D eigenvalue weighted by Gasteiger charge is -2.45. The average Bonchev–Trinajstić information content (AvgIpc) is 4.22. The maximum atomic E-state index is 13.4. The molecule has 10 rings (SSSR count). The molecule has 0 bridgehead atoms. The normalized spacial score (nSPS) is 19.4. The number of hydrogen-bond acceptors (Lipinski definition) is 10. The zero-order valence-corrected chi connectivity index (χ0v) is 44.8. The van der Waals surface area contributed by atoms with E-state index in [0.717, 1.165) is 22.3 Å². The van der Waals surface area contributed by atoms with Gasteiger partial charge in [-0.05, 0) is 72.2 Å². The molecule has 0 amide bonds. The molecule has 4 atom stereocenters. The summed E-state index contributed by atoms with van der Waals surface area (Å²) < 4.78 is 55.0. The lowest BCUT2D eigenvalue weighted by atomic mass is 9.72. The molecule has 10 nitrogen and oxygen atoms in total. The van der Waals surface area contributed by atoms with Gasteiger partial charge in [0.25, 0.3) is 0 Å². The first-order valence-corrected chi connectivity index (χ1v) is 27.0. The first-order valence-electron chi connectivity index (χ1n) is 27.0. The topological polar surface area (TPSA) is 114 Å². The van der Waals surface area contributed by atoms with Crippen LogP contribution < -0.4 is 0 Å². The molecule has 10 heteroatoms. The first kappa shape index (κ1) is 54.7. The minimum atomic E-state index is -1.66. The van der Waals surface area contributed by atoms with E-state index < -0.39 is 58.4 Å². The molecular formula is C68H70O10. The maximum absolute atomic E-state index is 13.4. The lowest BCUT2D eigenvalue weighted by molar-refractivity contribution is -0.181. The van der Waals surface area contributed by atoms with Gasteiger partial charge in [0.15, 0.2) is 11.6 Å². The van der Waals surface area contributed by atoms with Crippen LogP contribution in [0.2, 0.25) is 0 Å². The van der Waals surface area contributed by atoms with Gasteiger partial charge in [0.2, 0.25) is 0 Å². The molecule has 2 heterocycles. The molecule has 2 aliphatic rings. The van der Waals surface area contributed by atoms with Crippen LogP contribution in [-0.2, 0) is 60.3 Å². The Labute approximate surface area is 459 Å². The fraction of sp³-hybridized carbons (Fsp3) is 0.294. The monoisotopic (exact) mass is 1050 g/mol. The van der Waals surface area contributed by atoms with Crippen molar-refractivity contribution in [2.75, 3.05) is 39.6 Å². The van der Waals surface area contributed by atoms with Crippen LogP contribution in [0.5, 0.6) is 0 Å². The van der Waals surface area contributed by atoms with Gasteiger partial charge in [-0.2, -0.15) is 0 Å². The average molecular weight is 1050 g/mol. The number of rotatable bonds is 23. The highest BCUT2D eigenvalue weighted by atomic mass is 16.8. The van der Waals surface area contributed by atoms with Gasteiger partial charge >= 0.3 is 0 Å². The molecule has 0 aromatic heterocycles. The molecule has 8 aromatic rings. The Morgan fingerprint density at radius 3 is 0.718 bits per heavy atom. The van der Waals surface area contributed by atoms with E-state index in [9.17, 15) is 10.2 Å². The van der Waals surface area contributed by atoms with Gasteiger partial charge in [-0.15, -0.1) is 0 Å². The highest BCUT2D eigenvalue weighted by Crippen LogP contribution is 2.54. The van der Waals surface area contributed by atoms with Crippen LogP contribution in [0, 0.1) is 0 Å². The summed E-state index contributed by atoms with van der Waals surface area (Å²) in [5.74, 6) is -2.23. The van der Waals surface area contributed by atoms with Gasteiger partial charge in [0, 0.05) is 0 Å². The van der Waals surface area contributed by atoms with Crippen molar-refractivity contribution < 1.29 is 48.1 Å². The molecule has 2 aliphatic heterocycles. The second kappa shape index (κ2) is 23.8. The first-order chi connectivity index (χ1) is 37.9. The van der Waals surface area contributed by atoms with Gasteiger partial charge in [-0.3, -0.25) is 0 Å². The van der Waals surface area contributed by atoms with E-state index in [1.807, 2.05) is 270 Å². The van der Waals surface area contributed by atoms with E-state index in [1.54, 1.807) is 0 Å². The Hall–Kier alpha value is -6.64. The van der Waals surface area contributed by atoms with Crippen molar-refractivity contribution in [3.8, 4) is 0 Å². The molecule has 2 saturated heterocycles. The Morgan fingerprint density at radius 2 is 0.487 bits per heavy atom. The Kier molecular flexibility index (Phi) is 16.7. The third-order valence-electron chi connectivity index (χ3n) is 15.0. The van der Waals surface area contributed by atoms with Gasteiger partial charge in [-0.25, -0.2) is 0 Å². The van der Waals surface area contributed by atoms with E-state index in [4.69, 9.17) is 37.9 Å². The van der Waals surface area contributed by atoms with Gasteiger partial charge < -0.3 is 48.1 Å². The van der Waals surface area contributed by atoms with Crippen LogP contribution in [0.15, 0.2) is 243 Å². The smallest absolute Gasteiger partial charge is 0.164 e. The summed E-state index contributed by atoms with van der Waals surface area (Å²) in [6.07, 6.45) is -3.67. The Balaban J connectivity index is 0.880. The molecule has 2 fully saturated rings. The van der Waals surface area contributed by atoms with Gasteiger partial charge in [0.1, 0.15) is 46.8 Å². The molecule has 0 saturated carbocycles. The molecule has 0 unspecified atom stereocenters. The maximum Gasteiger partial charge on any atom is 0.164 e. The number of hydrogen-bond donors (Lipinski definition) is 2. The van der Waals surface area contributed by atoms with E-state index in [0.29, 0.717) is 22.3 Å². The third-order valence-corrected chi connectivity index (χ3v) is 15.0. The zero-order valence-electron chi connectivity index (χ0n) is 44.8. The zero-order chi connectivity index (χ0) is 54.1. The highest BCUT2D eigenvalue weighted by Gasteiger charge is 2.64. The van der Waals surface area contributed by atoms with Crippen LogP contribution >= 0.6 is 0 Å². The summed E-state index contributed by atoms with van der Waals surface area (Å²) in [5, 5.41) is 26.8. The molecule has 0 aliphatic carbocycles. The van der Waals surface area contributed by atoms with Crippen molar-refractivity contribution >= 4 is 0 Å². The van der Waals surface area contributed by atoms with Crippen LogP contribution in [0.25, 0.3) is 0 Å². The molecule has 8 aromatic carbocycles. The van der Waals surface area contributed by atoms with Crippen LogP contribution in [0.4, 0.5) is 0 Å². The minimum Gasteiger partial charge on any atom is -0.378 e.